The van der Waals surface area contributed by atoms with E-state index >= 15 is 0 Å². The zero-order valence-electron chi connectivity index (χ0n) is 14.7. The Balaban J connectivity index is 1.85. The van der Waals surface area contributed by atoms with Crippen LogP contribution in [0.2, 0.25) is 0 Å². The molecule has 0 aliphatic heterocycles. The number of anilines is 1. The molecule has 0 aromatic heterocycles. The predicted molar refractivity (Wildman–Crippen MR) is 105 cm³/mol. The fourth-order valence-electron chi connectivity index (χ4n) is 2.90. The van der Waals surface area contributed by atoms with E-state index in [4.69, 9.17) is 12.2 Å². The highest BCUT2D eigenvalue weighted by Gasteiger charge is 2.18. The van der Waals surface area contributed by atoms with Crippen LogP contribution >= 0.6 is 12.2 Å². The minimum absolute atomic E-state index is 0.0780. The van der Waals surface area contributed by atoms with E-state index in [1.165, 1.54) is 31.4 Å². The lowest BCUT2D eigenvalue weighted by atomic mass is 9.96. The van der Waals surface area contributed by atoms with Crippen molar-refractivity contribution in [2.45, 2.75) is 43.0 Å². The van der Waals surface area contributed by atoms with Gasteiger partial charge < -0.3 is 16.0 Å². The van der Waals surface area contributed by atoms with Crippen molar-refractivity contribution in [3.8, 4) is 0 Å². The monoisotopic (exact) mass is 400 g/mol. The minimum Gasteiger partial charge on any atom is -0.378 e. The summed E-state index contributed by atoms with van der Waals surface area (Å²) in [4.78, 5) is 10.5. The van der Waals surface area contributed by atoms with Crippen LogP contribution in [-0.2, 0) is 9.84 Å². The fourth-order valence-corrected chi connectivity index (χ4v) is 3.81. The van der Waals surface area contributed by atoms with Crippen molar-refractivity contribution in [3.05, 3.63) is 28.3 Å². The van der Waals surface area contributed by atoms with Crippen LogP contribution in [0.4, 0.5) is 11.4 Å². The number of hydrogen-bond donors (Lipinski definition) is 3. The molecule has 1 aromatic rings. The van der Waals surface area contributed by atoms with Gasteiger partial charge in [-0.1, -0.05) is 19.3 Å². The Morgan fingerprint density at radius 2 is 1.96 bits per heavy atom. The van der Waals surface area contributed by atoms with Crippen LogP contribution in [-0.4, -0.2) is 43.8 Å². The molecule has 0 atom stereocenters. The summed E-state index contributed by atoms with van der Waals surface area (Å²) in [5.74, 6) is 0. The summed E-state index contributed by atoms with van der Waals surface area (Å²) in [5, 5.41) is 21.1. The number of benzene rings is 1. The first kappa shape index (κ1) is 20.4. The molecule has 1 aliphatic rings. The van der Waals surface area contributed by atoms with Gasteiger partial charge in [0.15, 0.2) is 14.9 Å². The van der Waals surface area contributed by atoms with Crippen LogP contribution in [0.5, 0.6) is 0 Å². The van der Waals surface area contributed by atoms with Gasteiger partial charge in [0, 0.05) is 31.5 Å². The van der Waals surface area contributed by atoms with E-state index in [1.54, 1.807) is 0 Å². The van der Waals surface area contributed by atoms with Gasteiger partial charge in [-0.15, -0.1) is 0 Å². The third kappa shape index (κ3) is 6.10. The van der Waals surface area contributed by atoms with Crippen LogP contribution in [0.25, 0.3) is 0 Å². The number of rotatable bonds is 7. The van der Waals surface area contributed by atoms with E-state index in [1.807, 2.05) is 0 Å². The average Bonchev–Trinajstić information content (AvgIpc) is 2.58. The third-order valence-corrected chi connectivity index (χ3v) is 5.63. The van der Waals surface area contributed by atoms with Gasteiger partial charge in [0.1, 0.15) is 5.69 Å². The largest absolute Gasteiger partial charge is 0.378 e. The zero-order chi connectivity index (χ0) is 19.2. The molecule has 8 nitrogen and oxygen atoms in total. The lowest BCUT2D eigenvalue weighted by molar-refractivity contribution is -0.384. The molecular formula is C16H24N4O4S2. The van der Waals surface area contributed by atoms with Crippen LogP contribution < -0.4 is 16.0 Å². The summed E-state index contributed by atoms with van der Waals surface area (Å²) in [6, 6.07) is 4.25. The van der Waals surface area contributed by atoms with Gasteiger partial charge in [0.25, 0.3) is 5.69 Å². The Bertz CT molecular complexity index is 762. The molecule has 1 fully saturated rings. The van der Waals surface area contributed by atoms with Crippen molar-refractivity contribution in [1.29, 1.82) is 0 Å². The quantitative estimate of drug-likeness (QED) is 0.276. The molecule has 1 aliphatic carbocycles. The first-order valence-electron chi connectivity index (χ1n) is 8.54. The van der Waals surface area contributed by atoms with Crippen LogP contribution in [0.15, 0.2) is 23.1 Å². The fraction of sp³-hybridized carbons (Fsp3) is 0.562. The van der Waals surface area contributed by atoms with E-state index in [9.17, 15) is 18.5 Å². The first-order valence-corrected chi connectivity index (χ1v) is 10.8. The Hall–Kier alpha value is -1.94. The van der Waals surface area contributed by atoms with Gasteiger partial charge in [-0.2, -0.15) is 0 Å². The van der Waals surface area contributed by atoms with Crippen LogP contribution in [0.3, 0.4) is 0 Å². The normalized spacial score (nSPS) is 15.3. The zero-order valence-corrected chi connectivity index (χ0v) is 16.3. The molecule has 0 unspecified atom stereocenters. The molecule has 0 amide bonds. The number of hydrogen-bond acceptors (Lipinski definition) is 6. The number of nitro benzene ring substituents is 1. The molecule has 144 valence electrons. The molecule has 1 saturated carbocycles. The topological polar surface area (TPSA) is 113 Å². The molecule has 0 heterocycles. The lowest BCUT2D eigenvalue weighted by Crippen LogP contribution is -2.43. The average molecular weight is 401 g/mol. The molecule has 10 heteroatoms. The second-order valence-corrected chi connectivity index (χ2v) is 8.79. The van der Waals surface area contributed by atoms with Crippen LogP contribution in [0, 0.1) is 10.1 Å². The summed E-state index contributed by atoms with van der Waals surface area (Å²) in [7, 11) is -3.50. The molecule has 0 bridgehead atoms. The van der Waals surface area contributed by atoms with E-state index in [0.29, 0.717) is 24.2 Å². The van der Waals surface area contributed by atoms with Gasteiger partial charge in [0.2, 0.25) is 0 Å². The summed E-state index contributed by atoms with van der Waals surface area (Å²) in [6.45, 7) is 0.898. The Kier molecular flexibility index (Phi) is 7.15. The highest BCUT2D eigenvalue weighted by atomic mass is 32.2. The summed E-state index contributed by atoms with van der Waals surface area (Å²) >= 11 is 5.27. The van der Waals surface area contributed by atoms with Gasteiger partial charge in [-0.3, -0.25) is 10.1 Å². The standard InChI is InChI=1S/C16H24N4O4S2/c1-26(23,24)13-7-8-14(15(11-13)20(21)22)17-9-10-18-16(25)19-12-5-3-2-4-6-12/h7-8,11-12,17H,2-6,9-10H2,1H3,(H2,18,19,25). The molecule has 1 aromatic carbocycles. The van der Waals surface area contributed by atoms with E-state index in [0.717, 1.165) is 25.2 Å². The number of sulfone groups is 1. The Morgan fingerprint density at radius 3 is 2.58 bits per heavy atom. The molecule has 0 radical (unpaired) electrons. The van der Waals surface area contributed by atoms with Crippen molar-refractivity contribution < 1.29 is 13.3 Å². The van der Waals surface area contributed by atoms with Crippen molar-refractivity contribution in [3.63, 3.8) is 0 Å². The maximum absolute atomic E-state index is 11.5. The smallest absolute Gasteiger partial charge is 0.293 e. The predicted octanol–water partition coefficient (Wildman–Crippen LogP) is 2.21. The summed E-state index contributed by atoms with van der Waals surface area (Å²) in [6.07, 6.45) is 6.98. The second kappa shape index (κ2) is 9.13. The van der Waals surface area contributed by atoms with E-state index in [-0.39, 0.29) is 16.3 Å². The number of thiocarbonyl (C=S) groups is 1. The Morgan fingerprint density at radius 1 is 1.27 bits per heavy atom. The van der Waals surface area contributed by atoms with Crippen molar-refractivity contribution in [1.82, 2.24) is 10.6 Å². The number of nitrogens with zero attached hydrogens (tertiary/aromatic N) is 1. The summed E-state index contributed by atoms with van der Waals surface area (Å²) in [5.41, 5.74) is 0.00573. The summed E-state index contributed by atoms with van der Waals surface area (Å²) < 4.78 is 23.1. The van der Waals surface area contributed by atoms with Crippen LogP contribution in [0.1, 0.15) is 32.1 Å². The van der Waals surface area contributed by atoms with Gasteiger partial charge >= 0.3 is 0 Å². The molecule has 26 heavy (non-hydrogen) atoms. The molecule has 0 spiro atoms. The highest BCUT2D eigenvalue weighted by Crippen LogP contribution is 2.27. The van der Waals surface area contributed by atoms with Gasteiger partial charge in [0.05, 0.1) is 9.82 Å². The molecule has 0 saturated heterocycles. The second-order valence-electron chi connectivity index (χ2n) is 6.37. The molecule has 3 N–H and O–H groups in total. The third-order valence-electron chi connectivity index (χ3n) is 4.26. The lowest BCUT2D eigenvalue weighted by Gasteiger charge is -2.24. The highest BCUT2D eigenvalue weighted by molar-refractivity contribution is 7.90. The van der Waals surface area contributed by atoms with Gasteiger partial charge in [-0.25, -0.2) is 8.42 Å². The maximum Gasteiger partial charge on any atom is 0.293 e. The number of nitro groups is 1. The SMILES string of the molecule is CS(=O)(=O)c1ccc(NCCNC(=S)NC2CCCCC2)c([N+](=O)[O-])c1. The minimum atomic E-state index is -3.50. The van der Waals surface area contributed by atoms with E-state index in [2.05, 4.69) is 16.0 Å². The van der Waals surface area contributed by atoms with E-state index < -0.39 is 14.8 Å². The number of nitrogens with one attached hydrogen (secondary N) is 3. The van der Waals surface area contributed by atoms with Crippen molar-refractivity contribution in [2.24, 2.45) is 0 Å². The first-order chi connectivity index (χ1) is 12.3. The van der Waals surface area contributed by atoms with Crippen molar-refractivity contribution in [2.75, 3.05) is 24.7 Å². The van der Waals surface area contributed by atoms with Gasteiger partial charge in [-0.05, 0) is 37.2 Å². The molecule has 2 rings (SSSR count). The molecular weight excluding hydrogens is 376 g/mol. The Labute approximate surface area is 158 Å². The van der Waals surface area contributed by atoms with Crippen molar-refractivity contribution >= 4 is 38.5 Å². The maximum atomic E-state index is 11.5.